The lowest BCUT2D eigenvalue weighted by Crippen LogP contribution is -2.32. The maximum absolute atomic E-state index is 11.5. The fourth-order valence-corrected chi connectivity index (χ4v) is 4.21. The summed E-state index contributed by atoms with van der Waals surface area (Å²) in [4.78, 5) is 31.9. The molecule has 1 amide bonds. The quantitative estimate of drug-likeness (QED) is 0.456. The van der Waals surface area contributed by atoms with Gasteiger partial charge in [0, 0.05) is 38.5 Å². The number of hydrogen-bond acceptors (Lipinski definition) is 7. The van der Waals surface area contributed by atoms with Gasteiger partial charge in [0.25, 0.3) is 0 Å². The molecule has 2 aromatic heterocycles. The number of carboxylic acids is 1. The molecule has 0 spiro atoms. The molecular weight excluding hydrogens is 410 g/mol. The van der Waals surface area contributed by atoms with Crippen molar-refractivity contribution in [2.24, 2.45) is 5.41 Å². The largest absolute Gasteiger partial charge is 0.481 e. The first kappa shape index (κ1) is 23.7. The number of anilines is 1. The van der Waals surface area contributed by atoms with E-state index in [1.165, 1.54) is 12.5 Å². The van der Waals surface area contributed by atoms with Crippen molar-refractivity contribution in [2.75, 3.05) is 18.4 Å². The molecule has 32 heavy (non-hydrogen) atoms. The van der Waals surface area contributed by atoms with E-state index in [0.29, 0.717) is 43.9 Å². The zero-order valence-electron chi connectivity index (χ0n) is 18.9. The summed E-state index contributed by atoms with van der Waals surface area (Å²) < 4.78 is 5.44. The fraction of sp³-hybridized carbons (Fsp3) is 0.609. The summed E-state index contributed by atoms with van der Waals surface area (Å²) in [6, 6.07) is 4.24. The second-order valence-corrected chi connectivity index (χ2v) is 8.63. The van der Waals surface area contributed by atoms with Crippen LogP contribution in [0.4, 0.5) is 5.82 Å². The lowest BCUT2D eigenvalue weighted by atomic mass is 9.75. The van der Waals surface area contributed by atoms with E-state index in [1.54, 1.807) is 0 Å². The maximum Gasteiger partial charge on any atom is 0.303 e. The number of carbonyl (C=O) groups excluding carboxylic acids is 1. The lowest BCUT2D eigenvalue weighted by molar-refractivity contribution is -0.140. The molecule has 0 radical (unpaired) electrons. The van der Waals surface area contributed by atoms with E-state index in [2.05, 4.69) is 32.9 Å². The predicted molar refractivity (Wildman–Crippen MR) is 119 cm³/mol. The number of nitrogens with one attached hydrogen (secondary N) is 2. The highest BCUT2D eigenvalue weighted by atomic mass is 16.5. The third kappa shape index (κ3) is 6.77. The first-order valence-electron chi connectivity index (χ1n) is 11.4. The number of fused-ring (bicyclic) bond motifs is 1. The van der Waals surface area contributed by atoms with Gasteiger partial charge in [0.15, 0.2) is 5.82 Å². The first-order chi connectivity index (χ1) is 15.4. The average Bonchev–Trinajstić information content (AvgIpc) is 3.19. The fourth-order valence-electron chi connectivity index (χ4n) is 4.21. The van der Waals surface area contributed by atoms with Crippen LogP contribution in [0.15, 0.2) is 16.7 Å². The molecule has 0 saturated heterocycles. The molecule has 3 heterocycles. The number of carbonyl (C=O) groups is 2. The standard InChI is InChI=1S/C23H33N5O4/c1-3-23(15-21(30)31,11-13-24-16(2)29)14-20-27-19(28-32-20)8-4-7-18-10-9-17-6-5-12-25-22(17)26-18/h9-10H,3-8,11-15H2,1-2H3,(H,24,29)(H,25,26)(H,30,31). The highest BCUT2D eigenvalue weighted by Gasteiger charge is 2.33. The Morgan fingerprint density at radius 2 is 2.12 bits per heavy atom. The molecule has 9 heteroatoms. The van der Waals surface area contributed by atoms with Gasteiger partial charge in [-0.2, -0.15) is 4.98 Å². The second-order valence-electron chi connectivity index (χ2n) is 8.63. The van der Waals surface area contributed by atoms with Crippen LogP contribution in [0.3, 0.4) is 0 Å². The van der Waals surface area contributed by atoms with E-state index in [0.717, 1.165) is 43.7 Å². The predicted octanol–water partition coefficient (Wildman–Crippen LogP) is 2.94. The van der Waals surface area contributed by atoms with E-state index < -0.39 is 11.4 Å². The summed E-state index contributed by atoms with van der Waals surface area (Å²) in [5, 5.41) is 19.6. The zero-order valence-corrected chi connectivity index (χ0v) is 18.9. The zero-order chi connectivity index (χ0) is 23.0. The number of pyridine rings is 1. The number of amides is 1. The third-order valence-electron chi connectivity index (χ3n) is 6.13. The Bertz CT molecular complexity index is 929. The van der Waals surface area contributed by atoms with Crippen molar-refractivity contribution in [3.05, 3.63) is 35.1 Å². The highest BCUT2D eigenvalue weighted by molar-refractivity contribution is 5.72. The highest BCUT2D eigenvalue weighted by Crippen LogP contribution is 2.34. The van der Waals surface area contributed by atoms with Gasteiger partial charge in [0.1, 0.15) is 5.82 Å². The van der Waals surface area contributed by atoms with Gasteiger partial charge in [-0.3, -0.25) is 9.59 Å². The van der Waals surface area contributed by atoms with Crippen LogP contribution in [0, 0.1) is 5.41 Å². The number of carboxylic acid groups (broad SMARTS) is 1. The van der Waals surface area contributed by atoms with Crippen LogP contribution in [0.25, 0.3) is 0 Å². The van der Waals surface area contributed by atoms with Gasteiger partial charge in [0.2, 0.25) is 11.8 Å². The summed E-state index contributed by atoms with van der Waals surface area (Å²) in [5.74, 6) is 1.07. The smallest absolute Gasteiger partial charge is 0.303 e. The minimum absolute atomic E-state index is 0.0150. The average molecular weight is 444 g/mol. The van der Waals surface area contributed by atoms with Gasteiger partial charge in [0.05, 0.1) is 6.42 Å². The van der Waals surface area contributed by atoms with Crippen molar-refractivity contribution < 1.29 is 19.2 Å². The van der Waals surface area contributed by atoms with E-state index in [9.17, 15) is 14.7 Å². The Balaban J connectivity index is 1.55. The number of nitrogens with zero attached hydrogens (tertiary/aromatic N) is 3. The van der Waals surface area contributed by atoms with Gasteiger partial charge in [-0.05, 0) is 55.6 Å². The number of aromatic nitrogens is 3. The van der Waals surface area contributed by atoms with Gasteiger partial charge in [-0.15, -0.1) is 0 Å². The molecule has 1 atom stereocenters. The Hall–Kier alpha value is -2.97. The minimum atomic E-state index is -0.874. The van der Waals surface area contributed by atoms with Gasteiger partial charge < -0.3 is 20.3 Å². The van der Waals surface area contributed by atoms with E-state index in [1.807, 2.05) is 6.92 Å². The molecule has 1 aliphatic rings. The molecule has 174 valence electrons. The van der Waals surface area contributed by atoms with Crippen molar-refractivity contribution >= 4 is 17.7 Å². The third-order valence-corrected chi connectivity index (χ3v) is 6.13. The van der Waals surface area contributed by atoms with E-state index in [4.69, 9.17) is 9.51 Å². The molecule has 3 N–H and O–H groups in total. The summed E-state index contributed by atoms with van der Waals surface area (Å²) in [6.45, 7) is 4.79. The van der Waals surface area contributed by atoms with Gasteiger partial charge in [-0.25, -0.2) is 4.98 Å². The number of rotatable bonds is 12. The summed E-state index contributed by atoms with van der Waals surface area (Å²) in [7, 11) is 0. The van der Waals surface area contributed by atoms with Crippen LogP contribution in [-0.2, 0) is 35.3 Å². The van der Waals surface area contributed by atoms with Crippen LogP contribution in [0.1, 0.15) is 68.9 Å². The van der Waals surface area contributed by atoms with Crippen LogP contribution in [-0.4, -0.2) is 45.2 Å². The Morgan fingerprint density at radius 3 is 2.88 bits per heavy atom. The molecular formula is C23H33N5O4. The van der Waals surface area contributed by atoms with Crippen molar-refractivity contribution in [1.29, 1.82) is 0 Å². The van der Waals surface area contributed by atoms with E-state index >= 15 is 0 Å². The molecule has 0 aliphatic carbocycles. The molecule has 0 aromatic carbocycles. The molecule has 0 saturated carbocycles. The summed E-state index contributed by atoms with van der Waals surface area (Å²) >= 11 is 0. The maximum atomic E-state index is 11.5. The molecule has 1 aliphatic heterocycles. The molecule has 0 fully saturated rings. The minimum Gasteiger partial charge on any atom is -0.481 e. The SMILES string of the molecule is CCC(CCNC(C)=O)(CC(=O)O)Cc1nc(CCCc2ccc3c(n2)NCCC3)no1. The van der Waals surface area contributed by atoms with Gasteiger partial charge >= 0.3 is 5.97 Å². The summed E-state index contributed by atoms with van der Waals surface area (Å²) in [6.07, 6.45) is 6.09. The lowest BCUT2D eigenvalue weighted by Gasteiger charge is -2.30. The number of aliphatic carboxylic acids is 1. The summed E-state index contributed by atoms with van der Waals surface area (Å²) in [5.41, 5.74) is 1.78. The van der Waals surface area contributed by atoms with E-state index in [-0.39, 0.29) is 12.3 Å². The molecule has 9 nitrogen and oxygen atoms in total. The molecule has 3 rings (SSSR count). The molecule has 2 aromatic rings. The second kappa shape index (κ2) is 11.1. The molecule has 1 unspecified atom stereocenters. The number of aryl methyl sites for hydroxylation is 3. The van der Waals surface area contributed by atoms with Crippen molar-refractivity contribution in [1.82, 2.24) is 20.4 Å². The molecule has 0 bridgehead atoms. The van der Waals surface area contributed by atoms with Crippen molar-refractivity contribution in [3.63, 3.8) is 0 Å². The van der Waals surface area contributed by atoms with Gasteiger partial charge in [-0.1, -0.05) is 18.1 Å². The van der Waals surface area contributed by atoms with Crippen molar-refractivity contribution in [2.45, 2.75) is 71.6 Å². The first-order valence-corrected chi connectivity index (χ1v) is 11.4. The van der Waals surface area contributed by atoms with Crippen LogP contribution in [0.2, 0.25) is 0 Å². The van der Waals surface area contributed by atoms with Crippen LogP contribution in [0.5, 0.6) is 0 Å². The Labute approximate surface area is 188 Å². The monoisotopic (exact) mass is 443 g/mol. The normalized spacial score (nSPS) is 14.8. The Kier molecular flexibility index (Phi) is 8.19. The number of hydrogen-bond donors (Lipinski definition) is 3. The Morgan fingerprint density at radius 1 is 1.28 bits per heavy atom. The van der Waals surface area contributed by atoms with Crippen molar-refractivity contribution in [3.8, 4) is 0 Å². The van der Waals surface area contributed by atoms with Crippen LogP contribution >= 0.6 is 0 Å². The topological polar surface area (TPSA) is 130 Å². The van der Waals surface area contributed by atoms with Crippen LogP contribution < -0.4 is 10.6 Å².